The average molecular weight is 352 g/mol. The lowest BCUT2D eigenvalue weighted by Gasteiger charge is -1.89. The van der Waals surface area contributed by atoms with E-state index in [1.807, 2.05) is 18.2 Å². The van der Waals surface area contributed by atoms with Crippen LogP contribution in [-0.4, -0.2) is 16.2 Å². The highest BCUT2D eigenvalue weighted by atomic mass is 16.5. The van der Waals surface area contributed by atoms with Crippen LogP contribution in [0.4, 0.5) is 11.4 Å². The number of hydrogen-bond donors (Lipinski definition) is 4. The van der Waals surface area contributed by atoms with Crippen LogP contribution >= 0.6 is 0 Å². The lowest BCUT2D eigenvalue weighted by atomic mass is 10.1. The van der Waals surface area contributed by atoms with Crippen molar-refractivity contribution in [1.82, 2.24) is 0 Å². The number of rotatable bonds is 0. The standard InChI is InChI=1S/C8H6O2.2C6H7NO/c9-8-7-4-2-1-3-6(7)5-10-8;2*7-5-1-3-6(8)4-2-5/h1-4H,5H2;2*1-4,8H,7H2. The molecule has 6 heteroatoms. The van der Waals surface area contributed by atoms with Crippen molar-refractivity contribution in [2.45, 2.75) is 6.61 Å². The molecule has 1 aliphatic rings. The largest absolute Gasteiger partial charge is 0.508 e. The normalized spacial score (nSPS) is 11.2. The third-order valence-electron chi connectivity index (χ3n) is 3.38. The van der Waals surface area contributed by atoms with Gasteiger partial charge in [0.2, 0.25) is 0 Å². The molecule has 3 aromatic rings. The number of phenolic OH excluding ortho intramolecular Hbond substituents is 2. The number of fused-ring (bicyclic) bond motifs is 1. The number of carbonyl (C=O) groups excluding carboxylic acids is 1. The molecule has 0 bridgehead atoms. The highest BCUT2D eigenvalue weighted by Gasteiger charge is 2.18. The number of aromatic hydroxyl groups is 2. The summed E-state index contributed by atoms with van der Waals surface area (Å²) in [5, 5.41) is 17.4. The van der Waals surface area contributed by atoms with E-state index in [4.69, 9.17) is 26.4 Å². The summed E-state index contributed by atoms with van der Waals surface area (Å²) in [4.78, 5) is 10.8. The van der Waals surface area contributed by atoms with Gasteiger partial charge >= 0.3 is 5.97 Å². The molecule has 4 rings (SSSR count). The molecule has 0 aliphatic carbocycles. The van der Waals surface area contributed by atoms with Gasteiger partial charge in [0, 0.05) is 16.9 Å². The monoisotopic (exact) mass is 352 g/mol. The second-order valence-corrected chi connectivity index (χ2v) is 5.42. The van der Waals surface area contributed by atoms with Crippen LogP contribution in [0.5, 0.6) is 11.5 Å². The van der Waals surface area contributed by atoms with Gasteiger partial charge in [0.1, 0.15) is 18.1 Å². The van der Waals surface area contributed by atoms with Gasteiger partial charge in [0.25, 0.3) is 0 Å². The van der Waals surface area contributed by atoms with Crippen LogP contribution in [0.25, 0.3) is 0 Å². The van der Waals surface area contributed by atoms with E-state index in [9.17, 15) is 4.79 Å². The van der Waals surface area contributed by atoms with Crippen molar-refractivity contribution in [3.05, 3.63) is 83.9 Å². The molecule has 6 nitrogen and oxygen atoms in total. The number of cyclic esters (lactones) is 1. The zero-order valence-corrected chi connectivity index (χ0v) is 14.0. The van der Waals surface area contributed by atoms with Crippen LogP contribution < -0.4 is 11.5 Å². The molecule has 1 heterocycles. The number of phenols is 2. The van der Waals surface area contributed by atoms with Crippen LogP contribution in [-0.2, 0) is 11.3 Å². The average Bonchev–Trinajstić information content (AvgIpc) is 3.03. The number of anilines is 2. The van der Waals surface area contributed by atoms with Crippen molar-refractivity contribution in [2.24, 2.45) is 0 Å². The first-order valence-corrected chi connectivity index (χ1v) is 7.80. The van der Waals surface area contributed by atoms with Crippen molar-refractivity contribution in [3.8, 4) is 11.5 Å². The van der Waals surface area contributed by atoms with Crippen molar-refractivity contribution in [2.75, 3.05) is 11.5 Å². The molecule has 3 aromatic carbocycles. The second-order valence-electron chi connectivity index (χ2n) is 5.42. The zero-order valence-electron chi connectivity index (χ0n) is 14.0. The van der Waals surface area contributed by atoms with Crippen molar-refractivity contribution >= 4 is 17.3 Å². The van der Waals surface area contributed by atoms with Crippen LogP contribution in [0, 0.1) is 0 Å². The topological polar surface area (TPSA) is 119 Å². The Labute approximate surface area is 151 Å². The molecule has 6 N–H and O–H groups in total. The van der Waals surface area contributed by atoms with E-state index in [1.54, 1.807) is 54.6 Å². The lowest BCUT2D eigenvalue weighted by Crippen LogP contribution is -1.91. The fourth-order valence-corrected chi connectivity index (χ4v) is 2.01. The SMILES string of the molecule is Nc1ccc(O)cc1.Nc1ccc(O)cc1.O=C1OCc2ccccc21. The van der Waals surface area contributed by atoms with E-state index < -0.39 is 0 Å². The molecule has 0 amide bonds. The molecule has 0 unspecified atom stereocenters. The molecule has 0 atom stereocenters. The minimum absolute atomic E-state index is 0.199. The van der Waals surface area contributed by atoms with Gasteiger partial charge in [-0.25, -0.2) is 4.79 Å². The number of benzene rings is 3. The van der Waals surface area contributed by atoms with Gasteiger partial charge in [0.05, 0.1) is 5.56 Å². The summed E-state index contributed by atoms with van der Waals surface area (Å²) < 4.78 is 4.78. The van der Waals surface area contributed by atoms with E-state index in [1.165, 1.54) is 0 Å². The maximum Gasteiger partial charge on any atom is 0.338 e. The first-order chi connectivity index (χ1) is 12.5. The Kier molecular flexibility index (Phi) is 6.45. The molecule has 26 heavy (non-hydrogen) atoms. The highest BCUT2D eigenvalue weighted by Crippen LogP contribution is 2.18. The highest BCUT2D eigenvalue weighted by molar-refractivity contribution is 5.93. The summed E-state index contributed by atoms with van der Waals surface area (Å²) in [5.41, 5.74) is 13.7. The van der Waals surface area contributed by atoms with Crippen molar-refractivity contribution < 1.29 is 19.7 Å². The number of esters is 1. The van der Waals surface area contributed by atoms with E-state index in [-0.39, 0.29) is 17.5 Å². The van der Waals surface area contributed by atoms with Gasteiger partial charge in [-0.2, -0.15) is 0 Å². The third-order valence-corrected chi connectivity index (χ3v) is 3.38. The summed E-state index contributed by atoms with van der Waals surface area (Å²) in [6.07, 6.45) is 0. The van der Waals surface area contributed by atoms with Crippen LogP contribution in [0.3, 0.4) is 0 Å². The number of ether oxygens (including phenoxy) is 1. The molecule has 0 fully saturated rings. The molecule has 0 saturated heterocycles. The van der Waals surface area contributed by atoms with Gasteiger partial charge in [0.15, 0.2) is 0 Å². The zero-order chi connectivity index (χ0) is 18.9. The van der Waals surface area contributed by atoms with E-state index in [0.717, 1.165) is 5.56 Å². The summed E-state index contributed by atoms with van der Waals surface area (Å²) in [5.74, 6) is 0.300. The van der Waals surface area contributed by atoms with Crippen molar-refractivity contribution in [3.63, 3.8) is 0 Å². The maximum absolute atomic E-state index is 10.8. The first kappa shape index (κ1) is 18.7. The number of carbonyl (C=O) groups is 1. The Hall–Kier alpha value is -3.67. The molecule has 0 aromatic heterocycles. The Balaban J connectivity index is 0.000000142. The Morgan fingerprint density at radius 2 is 1.19 bits per heavy atom. The van der Waals surface area contributed by atoms with Crippen LogP contribution in [0.15, 0.2) is 72.8 Å². The number of nitrogens with two attached hydrogens (primary N) is 2. The molecule has 0 spiro atoms. The molecular weight excluding hydrogens is 332 g/mol. The van der Waals surface area contributed by atoms with Crippen LogP contribution in [0.2, 0.25) is 0 Å². The van der Waals surface area contributed by atoms with Gasteiger partial charge < -0.3 is 26.4 Å². The fraction of sp³-hybridized carbons (Fsp3) is 0.0500. The van der Waals surface area contributed by atoms with E-state index in [0.29, 0.717) is 23.5 Å². The Bertz CT molecular complexity index is 761. The molecule has 134 valence electrons. The van der Waals surface area contributed by atoms with E-state index >= 15 is 0 Å². The lowest BCUT2D eigenvalue weighted by molar-refractivity contribution is 0.0535. The van der Waals surface area contributed by atoms with Crippen LogP contribution in [0.1, 0.15) is 15.9 Å². The third kappa shape index (κ3) is 5.76. The summed E-state index contributed by atoms with van der Waals surface area (Å²) in [7, 11) is 0. The summed E-state index contributed by atoms with van der Waals surface area (Å²) in [6, 6.07) is 20.2. The molecular formula is C20H20N2O4. The first-order valence-electron chi connectivity index (χ1n) is 7.80. The fourth-order valence-electron chi connectivity index (χ4n) is 2.01. The van der Waals surface area contributed by atoms with Crippen molar-refractivity contribution in [1.29, 1.82) is 0 Å². The van der Waals surface area contributed by atoms with E-state index in [2.05, 4.69) is 0 Å². The predicted molar refractivity (Wildman–Crippen MR) is 101 cm³/mol. The van der Waals surface area contributed by atoms with Gasteiger partial charge in [-0.1, -0.05) is 18.2 Å². The maximum atomic E-state index is 10.8. The smallest absolute Gasteiger partial charge is 0.338 e. The predicted octanol–water partition coefficient (Wildman–Crippen LogP) is 3.31. The second kappa shape index (κ2) is 8.98. The number of nitrogen functional groups attached to an aromatic ring is 2. The van der Waals surface area contributed by atoms with Gasteiger partial charge in [-0.15, -0.1) is 0 Å². The molecule has 0 saturated carbocycles. The number of hydrogen-bond acceptors (Lipinski definition) is 6. The van der Waals surface area contributed by atoms with Gasteiger partial charge in [-0.3, -0.25) is 0 Å². The molecule has 0 radical (unpaired) electrons. The Morgan fingerprint density at radius 1 is 0.731 bits per heavy atom. The van der Waals surface area contributed by atoms with Gasteiger partial charge in [-0.05, 0) is 54.6 Å². The quantitative estimate of drug-likeness (QED) is 0.280. The Morgan fingerprint density at radius 3 is 1.62 bits per heavy atom. The molecule has 1 aliphatic heterocycles. The minimum Gasteiger partial charge on any atom is -0.508 e. The minimum atomic E-state index is -0.199. The summed E-state index contributed by atoms with van der Waals surface area (Å²) in [6.45, 7) is 0.439. The summed E-state index contributed by atoms with van der Waals surface area (Å²) >= 11 is 0.